The fourth-order valence-corrected chi connectivity index (χ4v) is 2.03. The van der Waals surface area contributed by atoms with Crippen LogP contribution in [-0.2, 0) is 17.8 Å². The number of hydrogen-bond donors (Lipinski definition) is 1. The highest BCUT2D eigenvalue weighted by Gasteiger charge is 2.00. The van der Waals surface area contributed by atoms with Gasteiger partial charge in [-0.3, -0.25) is 9.48 Å². The van der Waals surface area contributed by atoms with Crippen LogP contribution in [0.2, 0.25) is 0 Å². The van der Waals surface area contributed by atoms with E-state index in [1.54, 1.807) is 0 Å². The summed E-state index contributed by atoms with van der Waals surface area (Å²) in [6.07, 6.45) is 12.1. The number of carbonyl (C=O) groups is 1. The molecule has 5 nitrogen and oxygen atoms in total. The standard InChI is InChI=1S/C14H26N4O/c1-2-3-6-9-14-12-18(17-16-14)11-8-5-4-7-10-15-13-19/h12-13H,2-11H2,1H3,(H,15,19). The van der Waals surface area contributed by atoms with Crippen molar-refractivity contribution in [2.45, 2.75) is 64.8 Å². The maximum atomic E-state index is 10.0. The Morgan fingerprint density at radius 1 is 1.21 bits per heavy atom. The van der Waals surface area contributed by atoms with Gasteiger partial charge in [-0.25, -0.2) is 0 Å². The van der Waals surface area contributed by atoms with E-state index in [2.05, 4.69) is 28.7 Å². The second-order valence-corrected chi connectivity index (χ2v) is 4.92. The third kappa shape index (κ3) is 7.59. The molecule has 1 aromatic heterocycles. The lowest BCUT2D eigenvalue weighted by atomic mass is 10.2. The molecule has 0 radical (unpaired) electrons. The lowest BCUT2D eigenvalue weighted by Crippen LogP contribution is -2.11. The quantitative estimate of drug-likeness (QED) is 0.466. The van der Waals surface area contributed by atoms with Gasteiger partial charge in [0.05, 0.1) is 5.69 Å². The van der Waals surface area contributed by atoms with Crippen molar-refractivity contribution in [2.75, 3.05) is 6.54 Å². The summed E-state index contributed by atoms with van der Waals surface area (Å²) in [6, 6.07) is 0. The number of unbranched alkanes of at least 4 members (excludes halogenated alkanes) is 5. The molecule has 1 heterocycles. The molecule has 0 unspecified atom stereocenters. The lowest BCUT2D eigenvalue weighted by Gasteiger charge is -2.01. The van der Waals surface area contributed by atoms with E-state index in [4.69, 9.17) is 0 Å². The molecular formula is C14H26N4O. The third-order valence-electron chi connectivity index (χ3n) is 3.16. The molecule has 0 aliphatic rings. The summed E-state index contributed by atoms with van der Waals surface area (Å²) in [5, 5.41) is 11.0. The fraction of sp³-hybridized carbons (Fsp3) is 0.786. The minimum atomic E-state index is 0.759. The molecule has 0 aliphatic heterocycles. The smallest absolute Gasteiger partial charge is 0.207 e. The maximum absolute atomic E-state index is 10.0. The molecule has 0 fully saturated rings. The molecule has 0 saturated heterocycles. The average Bonchev–Trinajstić information content (AvgIpc) is 2.86. The Labute approximate surface area is 115 Å². The second-order valence-electron chi connectivity index (χ2n) is 4.92. The number of nitrogens with zero attached hydrogens (tertiary/aromatic N) is 3. The zero-order chi connectivity index (χ0) is 13.8. The zero-order valence-electron chi connectivity index (χ0n) is 12.0. The fourth-order valence-electron chi connectivity index (χ4n) is 2.03. The summed E-state index contributed by atoms with van der Waals surface area (Å²) in [5.74, 6) is 0. The van der Waals surface area contributed by atoms with Gasteiger partial charge < -0.3 is 5.32 Å². The van der Waals surface area contributed by atoms with Gasteiger partial charge in [-0.2, -0.15) is 0 Å². The molecule has 0 spiro atoms. The van der Waals surface area contributed by atoms with Crippen LogP contribution in [0.3, 0.4) is 0 Å². The van der Waals surface area contributed by atoms with E-state index in [1.165, 1.54) is 25.7 Å². The highest BCUT2D eigenvalue weighted by atomic mass is 16.1. The van der Waals surface area contributed by atoms with Gasteiger partial charge in [0, 0.05) is 19.3 Å². The summed E-state index contributed by atoms with van der Waals surface area (Å²) in [5.41, 5.74) is 1.11. The third-order valence-corrected chi connectivity index (χ3v) is 3.16. The molecule has 0 saturated carbocycles. The van der Waals surface area contributed by atoms with Crippen LogP contribution in [0.25, 0.3) is 0 Å². The van der Waals surface area contributed by atoms with Crippen LogP contribution >= 0.6 is 0 Å². The Morgan fingerprint density at radius 3 is 2.84 bits per heavy atom. The molecule has 5 heteroatoms. The first-order chi connectivity index (χ1) is 9.36. The van der Waals surface area contributed by atoms with Gasteiger partial charge >= 0.3 is 0 Å². The van der Waals surface area contributed by atoms with Crippen molar-refractivity contribution < 1.29 is 4.79 Å². The van der Waals surface area contributed by atoms with Gasteiger partial charge in [-0.05, 0) is 25.7 Å². The van der Waals surface area contributed by atoms with Gasteiger partial charge in [0.15, 0.2) is 0 Å². The summed E-state index contributed by atoms with van der Waals surface area (Å²) >= 11 is 0. The van der Waals surface area contributed by atoms with E-state index in [-0.39, 0.29) is 0 Å². The van der Waals surface area contributed by atoms with E-state index in [0.29, 0.717) is 0 Å². The van der Waals surface area contributed by atoms with Crippen molar-refractivity contribution in [3.63, 3.8) is 0 Å². The summed E-state index contributed by atoms with van der Waals surface area (Å²) in [4.78, 5) is 10.0. The van der Waals surface area contributed by atoms with Gasteiger partial charge in [-0.1, -0.05) is 37.8 Å². The van der Waals surface area contributed by atoms with Crippen LogP contribution in [0.5, 0.6) is 0 Å². The number of carbonyl (C=O) groups excluding carboxylic acids is 1. The molecule has 0 atom stereocenters. The van der Waals surface area contributed by atoms with E-state index in [9.17, 15) is 4.79 Å². The van der Waals surface area contributed by atoms with E-state index in [0.717, 1.165) is 50.9 Å². The van der Waals surface area contributed by atoms with Gasteiger partial charge in [0.2, 0.25) is 6.41 Å². The van der Waals surface area contributed by atoms with Crippen molar-refractivity contribution in [3.05, 3.63) is 11.9 Å². The normalized spacial score (nSPS) is 10.6. The predicted molar refractivity (Wildman–Crippen MR) is 75.8 cm³/mol. The number of aryl methyl sites for hydroxylation is 2. The molecule has 0 aromatic carbocycles. The molecule has 0 bridgehead atoms. The van der Waals surface area contributed by atoms with E-state index < -0.39 is 0 Å². The van der Waals surface area contributed by atoms with Crippen LogP contribution in [-0.4, -0.2) is 27.9 Å². The van der Waals surface area contributed by atoms with Crippen LogP contribution in [0.15, 0.2) is 6.20 Å². The van der Waals surface area contributed by atoms with Crippen molar-refractivity contribution in [2.24, 2.45) is 0 Å². The Morgan fingerprint density at radius 2 is 2.05 bits per heavy atom. The first-order valence-electron chi connectivity index (χ1n) is 7.43. The van der Waals surface area contributed by atoms with Crippen molar-refractivity contribution in [1.82, 2.24) is 20.3 Å². The first kappa shape index (κ1) is 15.7. The van der Waals surface area contributed by atoms with Crippen LogP contribution in [0, 0.1) is 0 Å². The number of hydrogen-bond acceptors (Lipinski definition) is 3. The van der Waals surface area contributed by atoms with Gasteiger partial charge in [-0.15, -0.1) is 5.10 Å². The molecule has 19 heavy (non-hydrogen) atoms. The van der Waals surface area contributed by atoms with E-state index in [1.807, 2.05) is 4.68 Å². The van der Waals surface area contributed by atoms with Crippen molar-refractivity contribution in [1.29, 1.82) is 0 Å². The number of nitrogens with one attached hydrogen (secondary N) is 1. The molecule has 108 valence electrons. The number of aromatic nitrogens is 3. The van der Waals surface area contributed by atoms with Gasteiger partial charge in [0.25, 0.3) is 0 Å². The largest absolute Gasteiger partial charge is 0.359 e. The predicted octanol–water partition coefficient (Wildman–Crippen LogP) is 2.32. The summed E-state index contributed by atoms with van der Waals surface area (Å²) in [7, 11) is 0. The first-order valence-corrected chi connectivity index (χ1v) is 7.43. The minimum absolute atomic E-state index is 0.759. The molecule has 1 aromatic rings. The Bertz CT molecular complexity index is 338. The summed E-state index contributed by atoms with van der Waals surface area (Å²) < 4.78 is 1.95. The second kappa shape index (κ2) is 10.5. The maximum Gasteiger partial charge on any atom is 0.207 e. The molecular weight excluding hydrogens is 240 g/mol. The SMILES string of the molecule is CCCCCc1cn(CCCCCCNC=O)nn1. The van der Waals surface area contributed by atoms with Crippen molar-refractivity contribution >= 4 is 6.41 Å². The van der Waals surface area contributed by atoms with Crippen molar-refractivity contribution in [3.8, 4) is 0 Å². The van der Waals surface area contributed by atoms with Crippen LogP contribution in [0.1, 0.15) is 57.6 Å². The van der Waals surface area contributed by atoms with Gasteiger partial charge in [0.1, 0.15) is 0 Å². The molecule has 0 aliphatic carbocycles. The van der Waals surface area contributed by atoms with E-state index >= 15 is 0 Å². The van der Waals surface area contributed by atoms with Crippen LogP contribution < -0.4 is 5.32 Å². The average molecular weight is 266 g/mol. The monoisotopic (exact) mass is 266 g/mol. The Hall–Kier alpha value is -1.39. The minimum Gasteiger partial charge on any atom is -0.359 e. The lowest BCUT2D eigenvalue weighted by molar-refractivity contribution is -0.109. The van der Waals surface area contributed by atoms with Crippen LogP contribution in [0.4, 0.5) is 0 Å². The highest BCUT2D eigenvalue weighted by molar-refractivity contribution is 5.45. The molecule has 1 N–H and O–H groups in total. The molecule has 1 rings (SSSR count). The summed E-state index contributed by atoms with van der Waals surface area (Å²) in [6.45, 7) is 3.94. The topological polar surface area (TPSA) is 59.8 Å². The zero-order valence-corrected chi connectivity index (χ0v) is 12.0. The molecule has 1 amide bonds. The Balaban J connectivity index is 2.04. The highest BCUT2D eigenvalue weighted by Crippen LogP contribution is 2.05. The number of amides is 1. The number of rotatable bonds is 12. The Kier molecular flexibility index (Phi) is 8.68.